The predicted octanol–water partition coefficient (Wildman–Crippen LogP) is 2.70. The SMILES string of the molecule is O=C(CCS(=O)(=O)Cc1ccc(Cl)cc1)NC1CCCC1. The molecule has 1 amide bonds. The summed E-state index contributed by atoms with van der Waals surface area (Å²) >= 11 is 5.76. The molecule has 1 N–H and O–H groups in total. The van der Waals surface area contributed by atoms with Crippen molar-refractivity contribution in [2.75, 3.05) is 5.75 Å². The number of sulfone groups is 1. The van der Waals surface area contributed by atoms with E-state index in [1.54, 1.807) is 24.3 Å². The Bertz CT molecular complexity index is 577. The number of benzene rings is 1. The number of halogens is 1. The lowest BCUT2D eigenvalue weighted by Gasteiger charge is -2.11. The van der Waals surface area contributed by atoms with E-state index in [4.69, 9.17) is 11.6 Å². The standard InChI is InChI=1S/C15H20ClNO3S/c16-13-7-5-12(6-8-13)11-21(19,20)10-9-15(18)17-14-3-1-2-4-14/h5-8,14H,1-4,9-11H2,(H,17,18). The van der Waals surface area contributed by atoms with Crippen molar-refractivity contribution < 1.29 is 13.2 Å². The van der Waals surface area contributed by atoms with Gasteiger partial charge in [0.05, 0.1) is 11.5 Å². The van der Waals surface area contributed by atoms with Crippen molar-refractivity contribution in [2.24, 2.45) is 0 Å². The van der Waals surface area contributed by atoms with Gasteiger partial charge in [-0.25, -0.2) is 8.42 Å². The van der Waals surface area contributed by atoms with Gasteiger partial charge in [0.1, 0.15) is 0 Å². The maximum atomic E-state index is 12.0. The molecule has 0 aliphatic heterocycles. The van der Waals surface area contributed by atoms with E-state index in [2.05, 4.69) is 5.32 Å². The number of amides is 1. The van der Waals surface area contributed by atoms with Crippen molar-refractivity contribution >= 4 is 27.3 Å². The number of nitrogens with one attached hydrogen (secondary N) is 1. The van der Waals surface area contributed by atoms with Gasteiger partial charge >= 0.3 is 0 Å². The number of rotatable bonds is 6. The second-order valence-corrected chi connectivity index (χ2v) is 8.14. The molecule has 6 heteroatoms. The maximum absolute atomic E-state index is 12.0. The highest BCUT2D eigenvalue weighted by Gasteiger charge is 2.19. The fourth-order valence-corrected chi connectivity index (χ4v) is 3.99. The monoisotopic (exact) mass is 329 g/mol. The van der Waals surface area contributed by atoms with E-state index in [1.165, 1.54) is 0 Å². The van der Waals surface area contributed by atoms with Crippen LogP contribution in [0, 0.1) is 0 Å². The summed E-state index contributed by atoms with van der Waals surface area (Å²) in [5, 5.41) is 3.48. The van der Waals surface area contributed by atoms with E-state index in [1.807, 2.05) is 0 Å². The van der Waals surface area contributed by atoms with Crippen molar-refractivity contribution in [1.29, 1.82) is 0 Å². The average molecular weight is 330 g/mol. The van der Waals surface area contributed by atoms with E-state index in [9.17, 15) is 13.2 Å². The van der Waals surface area contributed by atoms with Gasteiger partial charge in [-0.05, 0) is 30.5 Å². The third-order valence-electron chi connectivity index (χ3n) is 3.66. The van der Waals surface area contributed by atoms with E-state index in [-0.39, 0.29) is 29.9 Å². The zero-order valence-corrected chi connectivity index (χ0v) is 13.4. The van der Waals surface area contributed by atoms with Crippen LogP contribution in [0.25, 0.3) is 0 Å². The van der Waals surface area contributed by atoms with Crippen LogP contribution in [0.5, 0.6) is 0 Å². The smallest absolute Gasteiger partial charge is 0.221 e. The quantitative estimate of drug-likeness (QED) is 0.872. The highest BCUT2D eigenvalue weighted by molar-refractivity contribution is 7.90. The first-order chi connectivity index (χ1) is 9.94. The Hall–Kier alpha value is -1.07. The molecule has 1 aliphatic carbocycles. The molecule has 1 aliphatic rings. The lowest BCUT2D eigenvalue weighted by Crippen LogP contribution is -2.33. The van der Waals surface area contributed by atoms with Crippen LogP contribution in [-0.4, -0.2) is 26.1 Å². The molecule has 0 unspecified atom stereocenters. The first-order valence-corrected chi connectivity index (χ1v) is 9.39. The summed E-state index contributed by atoms with van der Waals surface area (Å²) < 4.78 is 24.0. The highest BCUT2D eigenvalue weighted by Crippen LogP contribution is 2.18. The third kappa shape index (κ3) is 5.67. The summed E-state index contributed by atoms with van der Waals surface area (Å²) in [5.74, 6) is -0.337. The van der Waals surface area contributed by atoms with Crippen molar-refractivity contribution in [3.63, 3.8) is 0 Å². The summed E-state index contributed by atoms with van der Waals surface area (Å²) in [7, 11) is -3.28. The van der Waals surface area contributed by atoms with Crippen LogP contribution in [0.15, 0.2) is 24.3 Å². The minimum absolute atomic E-state index is 0.0341. The van der Waals surface area contributed by atoms with E-state index in [0.29, 0.717) is 10.6 Å². The number of hydrogen-bond acceptors (Lipinski definition) is 3. The van der Waals surface area contributed by atoms with Crippen LogP contribution < -0.4 is 5.32 Å². The molecule has 0 radical (unpaired) electrons. The van der Waals surface area contributed by atoms with Gasteiger partial charge < -0.3 is 5.32 Å². The minimum atomic E-state index is -3.28. The topological polar surface area (TPSA) is 63.2 Å². The fraction of sp³-hybridized carbons (Fsp3) is 0.533. The summed E-state index contributed by atoms with van der Waals surface area (Å²) in [5.41, 5.74) is 0.690. The second kappa shape index (κ2) is 7.27. The summed E-state index contributed by atoms with van der Waals surface area (Å²) in [6.07, 6.45) is 4.32. The molecule has 1 aromatic rings. The molecule has 21 heavy (non-hydrogen) atoms. The zero-order valence-electron chi connectivity index (χ0n) is 11.8. The van der Waals surface area contributed by atoms with Gasteiger partial charge in [0.15, 0.2) is 9.84 Å². The molecule has 0 bridgehead atoms. The van der Waals surface area contributed by atoms with Crippen LogP contribution >= 0.6 is 11.6 Å². The molecule has 4 nitrogen and oxygen atoms in total. The third-order valence-corrected chi connectivity index (χ3v) is 5.51. The lowest BCUT2D eigenvalue weighted by atomic mass is 10.2. The summed E-state index contributed by atoms with van der Waals surface area (Å²) in [6, 6.07) is 6.95. The molecule has 0 spiro atoms. The summed E-state index contributed by atoms with van der Waals surface area (Å²) in [4.78, 5) is 11.7. The van der Waals surface area contributed by atoms with Crippen LogP contribution in [0.2, 0.25) is 5.02 Å². The van der Waals surface area contributed by atoms with Gasteiger partial charge in [-0.1, -0.05) is 36.6 Å². The van der Waals surface area contributed by atoms with Crippen molar-refractivity contribution in [3.05, 3.63) is 34.9 Å². The van der Waals surface area contributed by atoms with Gasteiger partial charge in [0.25, 0.3) is 0 Å². The molecule has 0 aromatic heterocycles. The normalized spacial score (nSPS) is 16.0. The van der Waals surface area contributed by atoms with Gasteiger partial charge in [0, 0.05) is 17.5 Å². The lowest BCUT2D eigenvalue weighted by molar-refractivity contribution is -0.121. The molecular weight excluding hydrogens is 310 g/mol. The Morgan fingerprint density at radius 2 is 1.81 bits per heavy atom. The fourth-order valence-electron chi connectivity index (χ4n) is 2.52. The zero-order chi connectivity index (χ0) is 15.3. The van der Waals surface area contributed by atoms with Crippen molar-refractivity contribution in [3.8, 4) is 0 Å². The first-order valence-electron chi connectivity index (χ1n) is 7.19. The number of carbonyl (C=O) groups is 1. The van der Waals surface area contributed by atoms with E-state index >= 15 is 0 Å². The van der Waals surface area contributed by atoms with Crippen LogP contribution in [0.4, 0.5) is 0 Å². The predicted molar refractivity (Wildman–Crippen MR) is 84.0 cm³/mol. The summed E-state index contributed by atoms with van der Waals surface area (Å²) in [6.45, 7) is 0. The van der Waals surface area contributed by atoms with Gasteiger partial charge in [-0.3, -0.25) is 4.79 Å². The Balaban J connectivity index is 1.80. The molecule has 1 fully saturated rings. The second-order valence-electron chi connectivity index (χ2n) is 5.52. The molecule has 1 aromatic carbocycles. The first kappa shape index (κ1) is 16.3. The molecule has 116 valence electrons. The van der Waals surface area contributed by atoms with Gasteiger partial charge in [-0.2, -0.15) is 0 Å². The highest BCUT2D eigenvalue weighted by atomic mass is 35.5. The number of hydrogen-bond donors (Lipinski definition) is 1. The maximum Gasteiger partial charge on any atom is 0.221 e. The molecule has 2 rings (SSSR count). The largest absolute Gasteiger partial charge is 0.353 e. The molecule has 0 atom stereocenters. The van der Waals surface area contributed by atoms with Crippen LogP contribution in [-0.2, 0) is 20.4 Å². The number of carbonyl (C=O) groups excluding carboxylic acids is 1. The minimum Gasteiger partial charge on any atom is -0.353 e. The molecule has 0 heterocycles. The van der Waals surface area contributed by atoms with E-state index in [0.717, 1.165) is 25.7 Å². The van der Waals surface area contributed by atoms with E-state index < -0.39 is 9.84 Å². The Labute approximate surface area is 130 Å². The van der Waals surface area contributed by atoms with Gasteiger partial charge in [0.2, 0.25) is 5.91 Å². The van der Waals surface area contributed by atoms with Crippen molar-refractivity contribution in [1.82, 2.24) is 5.32 Å². The molecular formula is C15H20ClNO3S. The van der Waals surface area contributed by atoms with Gasteiger partial charge in [-0.15, -0.1) is 0 Å². The Kier molecular flexibility index (Phi) is 5.65. The van der Waals surface area contributed by atoms with Crippen molar-refractivity contribution in [2.45, 2.75) is 43.9 Å². The molecule has 0 saturated heterocycles. The molecule has 1 saturated carbocycles. The average Bonchev–Trinajstić information content (AvgIpc) is 2.92. The van der Waals surface area contributed by atoms with Crippen LogP contribution in [0.3, 0.4) is 0 Å². The Morgan fingerprint density at radius 3 is 2.43 bits per heavy atom. The Morgan fingerprint density at radius 1 is 1.19 bits per heavy atom. The van der Waals surface area contributed by atoms with Crippen LogP contribution in [0.1, 0.15) is 37.7 Å².